The molecule has 2 unspecified atom stereocenters. The van der Waals surface area contributed by atoms with Crippen LogP contribution in [0.15, 0.2) is 0 Å². The van der Waals surface area contributed by atoms with E-state index in [9.17, 15) is 28.9 Å². The Morgan fingerprint density at radius 3 is 2.35 bits per heavy atom. The second kappa shape index (κ2) is 10.9. The lowest BCUT2D eigenvalue weighted by Crippen LogP contribution is -2.47. The summed E-state index contributed by atoms with van der Waals surface area (Å²) in [5.41, 5.74) is -1.22. The van der Waals surface area contributed by atoms with Crippen LogP contribution in [0.3, 0.4) is 0 Å². The first-order valence-corrected chi connectivity index (χ1v) is 9.61. The van der Waals surface area contributed by atoms with E-state index in [0.29, 0.717) is 0 Å². The minimum Gasteiger partial charge on any atom is -0.480 e. The van der Waals surface area contributed by atoms with Gasteiger partial charge in [-0.05, 0) is 0 Å². The summed E-state index contributed by atoms with van der Waals surface area (Å²) in [6, 6.07) is -1.14. The van der Waals surface area contributed by atoms with Gasteiger partial charge >= 0.3 is 13.8 Å². The molecule has 0 rings (SSSR count). The van der Waals surface area contributed by atoms with Gasteiger partial charge in [-0.1, -0.05) is 13.8 Å². The summed E-state index contributed by atoms with van der Waals surface area (Å²) < 4.78 is 20.2. The molecule has 13 heteroatoms. The van der Waals surface area contributed by atoms with Crippen molar-refractivity contribution in [1.29, 1.82) is 0 Å². The Balaban J connectivity index is 4.43. The molecule has 0 aromatic carbocycles. The van der Waals surface area contributed by atoms with Crippen LogP contribution in [-0.2, 0) is 28.0 Å². The van der Waals surface area contributed by atoms with Crippen LogP contribution in [0, 0.1) is 5.41 Å². The Bertz CT molecular complexity index is 558. The number of aliphatic hydroxyl groups excluding tert-OH is 1. The van der Waals surface area contributed by atoms with Crippen molar-refractivity contribution in [2.75, 3.05) is 26.0 Å². The average Bonchev–Trinajstić information content (AvgIpc) is 2.56. The number of thiol groups is 1. The third-order valence-corrected chi connectivity index (χ3v) is 4.57. The number of nitrogens with one attached hydrogen (secondary N) is 2. The van der Waals surface area contributed by atoms with Crippen LogP contribution in [0.4, 0.5) is 0 Å². The number of aliphatic hydroxyl groups is 1. The highest BCUT2D eigenvalue weighted by atomic mass is 32.1. The summed E-state index contributed by atoms with van der Waals surface area (Å²) in [5, 5.41) is 23.4. The van der Waals surface area contributed by atoms with Crippen LogP contribution in [0.1, 0.15) is 20.3 Å². The molecule has 0 heterocycles. The number of phosphoric acid groups is 1. The van der Waals surface area contributed by atoms with Gasteiger partial charge in [0.1, 0.15) is 12.1 Å². The maximum Gasteiger partial charge on any atom is 0.471 e. The Hall–Kier alpha value is -1.17. The van der Waals surface area contributed by atoms with Gasteiger partial charge in [-0.2, -0.15) is 12.6 Å². The molecule has 0 aromatic rings. The van der Waals surface area contributed by atoms with Gasteiger partial charge in [0.2, 0.25) is 11.8 Å². The molecular weight excluding hydrogens is 391 g/mol. The molecule has 0 saturated heterocycles. The van der Waals surface area contributed by atoms with Crippen LogP contribution < -0.4 is 10.6 Å². The van der Waals surface area contributed by atoms with Gasteiger partial charge in [-0.15, -0.1) is 0 Å². The molecule has 26 heavy (non-hydrogen) atoms. The smallest absolute Gasteiger partial charge is 0.471 e. The van der Waals surface area contributed by atoms with E-state index in [2.05, 4.69) is 32.3 Å². The molecule has 152 valence electrons. The molecule has 0 aliphatic carbocycles. The lowest BCUT2D eigenvalue weighted by atomic mass is 9.87. The first-order chi connectivity index (χ1) is 11.9. The Kier molecular flexibility index (Phi) is 10.4. The molecule has 0 spiro atoms. The highest BCUT2D eigenvalue weighted by Gasteiger charge is 2.36. The van der Waals surface area contributed by atoms with Crippen LogP contribution in [0.2, 0.25) is 0 Å². The number of amides is 2. The van der Waals surface area contributed by atoms with Gasteiger partial charge < -0.3 is 25.7 Å². The number of phosphoric ester groups is 1. The number of rotatable bonds is 12. The summed E-state index contributed by atoms with van der Waals surface area (Å²) in [6.45, 7) is 2.29. The lowest BCUT2D eigenvalue weighted by Gasteiger charge is -2.29. The van der Waals surface area contributed by atoms with E-state index < -0.39 is 49.8 Å². The van der Waals surface area contributed by atoms with Crippen molar-refractivity contribution in [3.8, 4) is 0 Å². The first kappa shape index (κ1) is 24.8. The quantitative estimate of drug-likeness (QED) is 0.175. The highest BCUT2D eigenvalue weighted by molar-refractivity contribution is 7.80. The molecule has 11 nitrogen and oxygen atoms in total. The fourth-order valence-electron chi connectivity index (χ4n) is 1.58. The molecule has 0 bridgehead atoms. The Morgan fingerprint density at radius 2 is 1.88 bits per heavy atom. The van der Waals surface area contributed by atoms with Crippen LogP contribution >= 0.6 is 20.5 Å². The van der Waals surface area contributed by atoms with E-state index in [1.165, 1.54) is 13.8 Å². The minimum absolute atomic E-state index is 0.0868. The normalized spacial score (nSPS) is 16.2. The third kappa shape index (κ3) is 8.97. The molecule has 5 N–H and O–H groups in total. The maximum atomic E-state index is 11.9. The topological polar surface area (TPSA) is 171 Å². The Labute approximate surface area is 156 Å². The predicted octanol–water partition coefficient (Wildman–Crippen LogP) is -0.858. The van der Waals surface area contributed by atoms with E-state index in [1.54, 1.807) is 0 Å². The molecule has 0 aliphatic rings. The average molecular weight is 416 g/mol. The highest BCUT2D eigenvalue weighted by Crippen LogP contribution is 2.43. The number of carboxylic acid groups (broad SMARTS) is 1. The number of carbonyl (C=O) groups is 3. The van der Waals surface area contributed by atoms with Crippen molar-refractivity contribution in [3.63, 3.8) is 0 Å². The molecule has 0 aliphatic heterocycles. The van der Waals surface area contributed by atoms with Crippen molar-refractivity contribution >= 4 is 38.2 Å². The summed E-state index contributed by atoms with van der Waals surface area (Å²) in [4.78, 5) is 43.5. The van der Waals surface area contributed by atoms with Crippen molar-refractivity contribution in [3.05, 3.63) is 0 Å². The van der Waals surface area contributed by atoms with Crippen molar-refractivity contribution in [2.24, 2.45) is 5.41 Å². The standard InChI is InChI=1S/C13H25N2O9PS/c1-13(2,7-24-25(21,22)23-3)10(17)11(18)14-5-4-9(16)15-8(6-26)12(19)20/h8,10,17,26H,4-7H2,1-3H3,(H,14,18)(H,15,16)(H,19,20)(H,21,22)/t8?,10-/m0/s1. The first-order valence-electron chi connectivity index (χ1n) is 7.48. The fourth-order valence-corrected chi connectivity index (χ4v) is 2.43. The van der Waals surface area contributed by atoms with Gasteiger partial charge in [0.15, 0.2) is 0 Å². The zero-order valence-corrected chi connectivity index (χ0v) is 16.5. The lowest BCUT2D eigenvalue weighted by molar-refractivity contribution is -0.141. The van der Waals surface area contributed by atoms with E-state index >= 15 is 0 Å². The monoisotopic (exact) mass is 416 g/mol. The van der Waals surface area contributed by atoms with Crippen molar-refractivity contribution in [1.82, 2.24) is 10.6 Å². The summed E-state index contributed by atoms with van der Waals surface area (Å²) in [5.74, 6) is -2.74. The number of carboxylic acids is 1. The predicted molar refractivity (Wildman–Crippen MR) is 93.6 cm³/mol. The Morgan fingerprint density at radius 1 is 1.31 bits per heavy atom. The van der Waals surface area contributed by atoms with E-state index in [-0.39, 0.29) is 18.7 Å². The molecule has 0 fully saturated rings. The van der Waals surface area contributed by atoms with Crippen LogP contribution in [0.25, 0.3) is 0 Å². The molecule has 2 amide bonds. The van der Waals surface area contributed by atoms with Crippen molar-refractivity contribution in [2.45, 2.75) is 32.4 Å². The SMILES string of the molecule is COP(=O)(O)OCC(C)(C)[C@@H](O)C(=O)NCCC(=O)NC(CS)C(=O)O. The van der Waals surface area contributed by atoms with Crippen LogP contribution in [0.5, 0.6) is 0 Å². The molecule has 0 aromatic heterocycles. The van der Waals surface area contributed by atoms with Crippen molar-refractivity contribution < 1.29 is 43.1 Å². The third-order valence-electron chi connectivity index (χ3n) is 3.29. The molecule has 0 radical (unpaired) electrons. The number of aliphatic carboxylic acids is 1. The summed E-state index contributed by atoms with van der Waals surface area (Å²) in [7, 11) is -3.27. The second-order valence-electron chi connectivity index (χ2n) is 6.00. The van der Waals surface area contributed by atoms with Gasteiger partial charge in [-0.25, -0.2) is 9.36 Å². The molecule has 0 saturated carbocycles. The van der Waals surface area contributed by atoms with Gasteiger partial charge in [0.25, 0.3) is 0 Å². The fraction of sp³-hybridized carbons (Fsp3) is 0.769. The summed E-state index contributed by atoms with van der Waals surface area (Å²) >= 11 is 3.80. The van der Waals surface area contributed by atoms with E-state index in [0.717, 1.165) is 7.11 Å². The summed E-state index contributed by atoms with van der Waals surface area (Å²) in [6.07, 6.45) is -1.80. The number of hydrogen-bond acceptors (Lipinski definition) is 8. The van der Waals surface area contributed by atoms with Gasteiger partial charge in [0.05, 0.1) is 6.61 Å². The largest absolute Gasteiger partial charge is 0.480 e. The molecular formula is C13H25N2O9PS. The van der Waals surface area contributed by atoms with E-state index in [1.807, 2.05) is 0 Å². The van der Waals surface area contributed by atoms with E-state index in [4.69, 9.17) is 5.11 Å². The van der Waals surface area contributed by atoms with Crippen LogP contribution in [-0.4, -0.2) is 71.1 Å². The maximum absolute atomic E-state index is 11.9. The zero-order chi connectivity index (χ0) is 20.5. The second-order valence-corrected chi connectivity index (χ2v) is 7.92. The minimum atomic E-state index is -4.25. The van der Waals surface area contributed by atoms with Gasteiger partial charge in [0, 0.05) is 31.2 Å². The number of carbonyl (C=O) groups excluding carboxylic acids is 2. The van der Waals surface area contributed by atoms with Gasteiger partial charge in [-0.3, -0.25) is 18.6 Å². The number of hydrogen-bond donors (Lipinski definition) is 6. The zero-order valence-electron chi connectivity index (χ0n) is 14.7. The molecule has 3 atom stereocenters.